The molecule has 0 aliphatic heterocycles. The molecule has 0 saturated carbocycles. The van der Waals surface area contributed by atoms with Crippen molar-refractivity contribution in [3.05, 3.63) is 60.3 Å². The zero-order valence-electron chi connectivity index (χ0n) is 10.1. The van der Waals surface area contributed by atoms with Crippen molar-refractivity contribution in [2.24, 2.45) is 0 Å². The lowest BCUT2D eigenvalue weighted by atomic mass is 10.1. The molecule has 2 heterocycles. The molecule has 0 aliphatic carbocycles. The van der Waals surface area contributed by atoms with E-state index in [1.54, 1.807) is 12.3 Å². The average molecular weight is 252 g/mol. The van der Waals surface area contributed by atoms with Gasteiger partial charge >= 0.3 is 0 Å². The molecule has 19 heavy (non-hydrogen) atoms. The van der Waals surface area contributed by atoms with Crippen molar-refractivity contribution in [1.82, 2.24) is 20.3 Å². The standard InChI is InChI=1S/C14H12N4O/c19-14(17-8-12-4-5-15-9-18-12)11-2-1-10-3-6-16-13(10)7-11/h1-7,9,16H,8H2,(H,17,19). The summed E-state index contributed by atoms with van der Waals surface area (Å²) >= 11 is 0. The molecular weight excluding hydrogens is 240 g/mol. The Morgan fingerprint density at radius 3 is 3.05 bits per heavy atom. The minimum atomic E-state index is -0.116. The monoisotopic (exact) mass is 252 g/mol. The Morgan fingerprint density at radius 2 is 2.21 bits per heavy atom. The van der Waals surface area contributed by atoms with Crippen LogP contribution in [-0.2, 0) is 6.54 Å². The van der Waals surface area contributed by atoms with Crippen LogP contribution >= 0.6 is 0 Å². The Hall–Kier alpha value is -2.69. The number of hydrogen-bond donors (Lipinski definition) is 2. The summed E-state index contributed by atoms with van der Waals surface area (Å²) in [5.74, 6) is -0.116. The molecule has 0 atom stereocenters. The molecule has 5 heteroatoms. The summed E-state index contributed by atoms with van der Waals surface area (Å²) in [6.07, 6.45) is 4.97. The number of fused-ring (bicyclic) bond motifs is 1. The van der Waals surface area contributed by atoms with E-state index >= 15 is 0 Å². The fourth-order valence-corrected chi connectivity index (χ4v) is 1.88. The number of H-pyrrole nitrogens is 1. The molecular formula is C14H12N4O. The highest BCUT2D eigenvalue weighted by Gasteiger charge is 2.06. The van der Waals surface area contributed by atoms with Crippen molar-refractivity contribution in [1.29, 1.82) is 0 Å². The van der Waals surface area contributed by atoms with E-state index in [-0.39, 0.29) is 5.91 Å². The van der Waals surface area contributed by atoms with Gasteiger partial charge in [0.1, 0.15) is 6.33 Å². The topological polar surface area (TPSA) is 70.7 Å². The van der Waals surface area contributed by atoms with Crippen molar-refractivity contribution in [3.8, 4) is 0 Å². The molecule has 0 unspecified atom stereocenters. The first-order valence-electron chi connectivity index (χ1n) is 5.93. The van der Waals surface area contributed by atoms with E-state index in [2.05, 4.69) is 20.3 Å². The smallest absolute Gasteiger partial charge is 0.251 e. The lowest BCUT2D eigenvalue weighted by molar-refractivity contribution is 0.0950. The van der Waals surface area contributed by atoms with Gasteiger partial charge in [0.2, 0.25) is 0 Å². The molecule has 3 aromatic rings. The van der Waals surface area contributed by atoms with E-state index < -0.39 is 0 Å². The number of hydrogen-bond acceptors (Lipinski definition) is 3. The molecule has 1 amide bonds. The number of amides is 1. The first-order valence-corrected chi connectivity index (χ1v) is 5.93. The first-order chi connectivity index (χ1) is 9.33. The maximum atomic E-state index is 12.0. The Morgan fingerprint density at radius 1 is 1.26 bits per heavy atom. The molecule has 2 N–H and O–H groups in total. The van der Waals surface area contributed by atoms with Crippen molar-refractivity contribution >= 4 is 16.8 Å². The summed E-state index contributed by atoms with van der Waals surface area (Å²) in [7, 11) is 0. The van der Waals surface area contributed by atoms with Gasteiger partial charge in [0.15, 0.2) is 0 Å². The number of rotatable bonds is 3. The van der Waals surface area contributed by atoms with Crippen molar-refractivity contribution < 1.29 is 4.79 Å². The summed E-state index contributed by atoms with van der Waals surface area (Å²) < 4.78 is 0. The number of nitrogens with one attached hydrogen (secondary N) is 2. The molecule has 0 spiro atoms. The predicted molar refractivity (Wildman–Crippen MR) is 71.5 cm³/mol. The number of carbonyl (C=O) groups is 1. The number of aromatic nitrogens is 3. The number of nitrogens with zero attached hydrogens (tertiary/aromatic N) is 2. The molecule has 3 rings (SSSR count). The van der Waals surface area contributed by atoms with Crippen LogP contribution in [0.4, 0.5) is 0 Å². The third-order valence-electron chi connectivity index (χ3n) is 2.89. The average Bonchev–Trinajstić information content (AvgIpc) is 2.93. The zero-order chi connectivity index (χ0) is 13.1. The van der Waals surface area contributed by atoms with Crippen molar-refractivity contribution in [2.75, 3.05) is 0 Å². The molecule has 0 bridgehead atoms. The first kappa shape index (κ1) is 11.4. The Balaban J connectivity index is 1.73. The van der Waals surface area contributed by atoms with Gasteiger partial charge in [-0.2, -0.15) is 0 Å². The number of benzene rings is 1. The maximum Gasteiger partial charge on any atom is 0.251 e. The van der Waals surface area contributed by atoms with Gasteiger partial charge in [0.05, 0.1) is 12.2 Å². The van der Waals surface area contributed by atoms with Crippen LogP contribution in [0.1, 0.15) is 16.1 Å². The van der Waals surface area contributed by atoms with E-state index in [1.165, 1.54) is 6.33 Å². The number of carbonyl (C=O) groups excluding carboxylic acids is 1. The van der Waals surface area contributed by atoms with Crippen LogP contribution in [0.25, 0.3) is 10.9 Å². The Labute approximate surface area is 109 Å². The normalized spacial score (nSPS) is 10.5. The van der Waals surface area contributed by atoms with Gasteiger partial charge in [-0.15, -0.1) is 0 Å². The van der Waals surface area contributed by atoms with Crippen LogP contribution in [-0.4, -0.2) is 20.9 Å². The second kappa shape index (κ2) is 4.89. The van der Waals surface area contributed by atoms with Crippen LogP contribution in [0.5, 0.6) is 0 Å². The van der Waals surface area contributed by atoms with E-state index in [9.17, 15) is 4.79 Å². The predicted octanol–water partition coefficient (Wildman–Crippen LogP) is 1.89. The van der Waals surface area contributed by atoms with Gasteiger partial charge in [0, 0.05) is 23.5 Å². The molecule has 2 aromatic heterocycles. The fraction of sp³-hybridized carbons (Fsp3) is 0.0714. The molecule has 0 saturated heterocycles. The van der Waals surface area contributed by atoms with E-state index in [1.807, 2.05) is 30.5 Å². The van der Waals surface area contributed by atoms with Gasteiger partial charge < -0.3 is 10.3 Å². The van der Waals surface area contributed by atoms with Crippen LogP contribution < -0.4 is 5.32 Å². The SMILES string of the molecule is O=C(NCc1ccncn1)c1ccc2cc[nH]c2c1. The van der Waals surface area contributed by atoms with Crippen LogP contribution in [0.3, 0.4) is 0 Å². The van der Waals surface area contributed by atoms with Crippen molar-refractivity contribution in [3.63, 3.8) is 0 Å². The van der Waals surface area contributed by atoms with Gasteiger partial charge in [-0.05, 0) is 29.7 Å². The number of aromatic amines is 1. The van der Waals surface area contributed by atoms with Crippen LogP contribution in [0.2, 0.25) is 0 Å². The molecule has 1 aromatic carbocycles. The molecule has 0 aliphatic rings. The lowest BCUT2D eigenvalue weighted by Gasteiger charge is -2.04. The maximum absolute atomic E-state index is 12.0. The lowest BCUT2D eigenvalue weighted by Crippen LogP contribution is -2.23. The van der Waals surface area contributed by atoms with E-state index in [4.69, 9.17) is 0 Å². The minimum Gasteiger partial charge on any atom is -0.361 e. The highest BCUT2D eigenvalue weighted by atomic mass is 16.1. The summed E-state index contributed by atoms with van der Waals surface area (Å²) in [5.41, 5.74) is 2.36. The van der Waals surface area contributed by atoms with Gasteiger partial charge in [-0.25, -0.2) is 9.97 Å². The van der Waals surface area contributed by atoms with Gasteiger partial charge in [-0.1, -0.05) is 6.07 Å². The van der Waals surface area contributed by atoms with Crippen LogP contribution in [0.15, 0.2) is 49.1 Å². The summed E-state index contributed by atoms with van der Waals surface area (Å²) in [4.78, 5) is 23.0. The van der Waals surface area contributed by atoms with Gasteiger partial charge in [0.25, 0.3) is 5.91 Å². The second-order valence-corrected chi connectivity index (χ2v) is 4.16. The van der Waals surface area contributed by atoms with Crippen LogP contribution in [0, 0.1) is 0 Å². The highest BCUT2D eigenvalue weighted by Crippen LogP contribution is 2.14. The molecule has 5 nitrogen and oxygen atoms in total. The van der Waals surface area contributed by atoms with Gasteiger partial charge in [-0.3, -0.25) is 4.79 Å². The summed E-state index contributed by atoms with van der Waals surface area (Å²) in [6, 6.07) is 9.31. The third kappa shape index (κ3) is 2.44. The molecule has 0 fully saturated rings. The van der Waals surface area contributed by atoms with E-state index in [0.29, 0.717) is 12.1 Å². The Kier molecular flexibility index (Phi) is 2.94. The highest BCUT2D eigenvalue weighted by molar-refractivity contribution is 5.97. The molecule has 94 valence electrons. The third-order valence-corrected chi connectivity index (χ3v) is 2.89. The summed E-state index contributed by atoms with van der Waals surface area (Å²) in [6.45, 7) is 0.393. The largest absolute Gasteiger partial charge is 0.361 e. The summed E-state index contributed by atoms with van der Waals surface area (Å²) in [5, 5.41) is 3.92. The minimum absolute atomic E-state index is 0.116. The zero-order valence-corrected chi connectivity index (χ0v) is 10.1. The quantitative estimate of drug-likeness (QED) is 0.747. The Bertz CT molecular complexity index is 706. The van der Waals surface area contributed by atoms with E-state index in [0.717, 1.165) is 16.6 Å². The molecule has 0 radical (unpaired) electrons. The fourth-order valence-electron chi connectivity index (χ4n) is 1.88. The van der Waals surface area contributed by atoms with Crippen molar-refractivity contribution in [2.45, 2.75) is 6.54 Å². The second-order valence-electron chi connectivity index (χ2n) is 4.16.